The summed E-state index contributed by atoms with van der Waals surface area (Å²) in [6.45, 7) is 5.61. The Labute approximate surface area is 140 Å². The standard InChI is InChI=1S/C18H20N2O4/c1-4-14-7-5-6-12(2)17(14)19-18(21)13(3)24-16-10-8-15(9-11-16)20(22)23/h5-11,13H,4H2,1-3H3,(H,19,21)/t13-/m0/s1. The molecule has 0 unspecified atom stereocenters. The molecule has 0 saturated carbocycles. The maximum Gasteiger partial charge on any atom is 0.269 e. The van der Waals surface area contributed by atoms with Crippen molar-refractivity contribution in [2.24, 2.45) is 0 Å². The smallest absolute Gasteiger partial charge is 0.269 e. The molecule has 2 aromatic rings. The third kappa shape index (κ3) is 4.10. The van der Waals surface area contributed by atoms with E-state index < -0.39 is 11.0 Å². The van der Waals surface area contributed by atoms with Gasteiger partial charge in [-0.05, 0) is 43.5 Å². The second-order valence-corrected chi connectivity index (χ2v) is 5.46. The maximum atomic E-state index is 12.4. The number of rotatable bonds is 6. The molecule has 126 valence electrons. The van der Waals surface area contributed by atoms with Crippen molar-refractivity contribution in [3.63, 3.8) is 0 Å². The molecule has 6 nitrogen and oxygen atoms in total. The normalized spacial score (nSPS) is 11.6. The minimum Gasteiger partial charge on any atom is -0.481 e. The molecule has 0 radical (unpaired) electrons. The number of nitrogens with one attached hydrogen (secondary N) is 1. The summed E-state index contributed by atoms with van der Waals surface area (Å²) >= 11 is 0. The first-order valence-corrected chi connectivity index (χ1v) is 7.72. The molecule has 1 atom stereocenters. The van der Waals surface area contributed by atoms with Crippen molar-refractivity contribution >= 4 is 17.3 Å². The van der Waals surface area contributed by atoms with Gasteiger partial charge in [0.25, 0.3) is 11.6 Å². The number of nitrogens with zero attached hydrogens (tertiary/aromatic N) is 1. The molecule has 0 fully saturated rings. The predicted molar refractivity (Wildman–Crippen MR) is 92.4 cm³/mol. The fourth-order valence-corrected chi connectivity index (χ4v) is 2.33. The Morgan fingerprint density at radius 3 is 2.50 bits per heavy atom. The average molecular weight is 328 g/mol. The summed E-state index contributed by atoms with van der Waals surface area (Å²) in [5, 5.41) is 13.5. The number of nitro groups is 1. The van der Waals surface area contributed by atoms with Gasteiger partial charge in [-0.2, -0.15) is 0 Å². The number of ether oxygens (including phenoxy) is 1. The summed E-state index contributed by atoms with van der Waals surface area (Å²) in [7, 11) is 0. The molecule has 1 N–H and O–H groups in total. The van der Waals surface area contributed by atoms with E-state index in [4.69, 9.17) is 4.74 Å². The first-order chi connectivity index (χ1) is 11.4. The number of carbonyl (C=O) groups is 1. The summed E-state index contributed by atoms with van der Waals surface area (Å²) in [4.78, 5) is 22.5. The molecular weight excluding hydrogens is 308 g/mol. The molecule has 0 heterocycles. The monoisotopic (exact) mass is 328 g/mol. The van der Waals surface area contributed by atoms with Gasteiger partial charge in [0.15, 0.2) is 6.10 Å². The van der Waals surface area contributed by atoms with Crippen molar-refractivity contribution < 1.29 is 14.5 Å². The number of aryl methyl sites for hydroxylation is 2. The first kappa shape index (κ1) is 17.5. The Morgan fingerprint density at radius 1 is 1.25 bits per heavy atom. The first-order valence-electron chi connectivity index (χ1n) is 7.72. The van der Waals surface area contributed by atoms with Gasteiger partial charge in [-0.1, -0.05) is 25.1 Å². The minimum absolute atomic E-state index is 0.0213. The Hall–Kier alpha value is -2.89. The lowest BCUT2D eigenvalue weighted by atomic mass is 10.1. The van der Waals surface area contributed by atoms with E-state index in [-0.39, 0.29) is 11.6 Å². The van der Waals surface area contributed by atoms with Crippen LogP contribution in [0.4, 0.5) is 11.4 Å². The highest BCUT2D eigenvalue weighted by molar-refractivity contribution is 5.95. The van der Waals surface area contributed by atoms with E-state index in [1.54, 1.807) is 6.92 Å². The van der Waals surface area contributed by atoms with Crippen LogP contribution in [0.15, 0.2) is 42.5 Å². The SMILES string of the molecule is CCc1cccc(C)c1NC(=O)[C@H](C)Oc1ccc([N+](=O)[O-])cc1. The van der Waals surface area contributed by atoms with Crippen molar-refractivity contribution in [3.8, 4) is 5.75 Å². The summed E-state index contributed by atoms with van der Waals surface area (Å²) < 4.78 is 5.56. The third-order valence-electron chi connectivity index (χ3n) is 3.72. The topological polar surface area (TPSA) is 81.5 Å². The lowest BCUT2D eigenvalue weighted by Crippen LogP contribution is -2.30. The van der Waals surface area contributed by atoms with Gasteiger partial charge < -0.3 is 10.1 Å². The number of para-hydroxylation sites is 1. The highest BCUT2D eigenvalue weighted by atomic mass is 16.6. The summed E-state index contributed by atoms with van der Waals surface area (Å²) in [5.41, 5.74) is 2.84. The van der Waals surface area contributed by atoms with Gasteiger partial charge in [0, 0.05) is 17.8 Å². The molecule has 0 spiro atoms. The number of non-ortho nitro benzene ring substituents is 1. The Bertz CT molecular complexity index is 741. The van der Waals surface area contributed by atoms with Crippen LogP contribution in [0.3, 0.4) is 0 Å². The molecule has 2 rings (SSSR count). The number of benzene rings is 2. The van der Waals surface area contributed by atoms with E-state index in [1.807, 2.05) is 32.0 Å². The maximum absolute atomic E-state index is 12.4. The van der Waals surface area contributed by atoms with E-state index in [2.05, 4.69) is 5.32 Å². The van der Waals surface area contributed by atoms with Crippen molar-refractivity contribution in [2.75, 3.05) is 5.32 Å². The number of amides is 1. The molecule has 0 saturated heterocycles. The molecule has 2 aromatic carbocycles. The van der Waals surface area contributed by atoms with Crippen LogP contribution in [0.1, 0.15) is 25.0 Å². The Morgan fingerprint density at radius 2 is 1.92 bits per heavy atom. The van der Waals surface area contributed by atoms with Crippen LogP contribution < -0.4 is 10.1 Å². The summed E-state index contributed by atoms with van der Waals surface area (Å²) in [6.07, 6.45) is 0.0882. The van der Waals surface area contributed by atoms with Crippen LogP contribution in [0.25, 0.3) is 0 Å². The van der Waals surface area contributed by atoms with E-state index in [0.29, 0.717) is 5.75 Å². The zero-order valence-electron chi connectivity index (χ0n) is 13.9. The molecule has 0 bridgehead atoms. The number of hydrogen-bond acceptors (Lipinski definition) is 4. The number of nitro benzene ring substituents is 1. The number of carbonyl (C=O) groups excluding carboxylic acids is 1. The van der Waals surface area contributed by atoms with Crippen molar-refractivity contribution in [1.82, 2.24) is 0 Å². The molecule has 0 aromatic heterocycles. The second-order valence-electron chi connectivity index (χ2n) is 5.46. The lowest BCUT2D eigenvalue weighted by Gasteiger charge is -2.17. The third-order valence-corrected chi connectivity index (χ3v) is 3.72. The molecular formula is C18H20N2O4. The fourth-order valence-electron chi connectivity index (χ4n) is 2.33. The van der Waals surface area contributed by atoms with Crippen LogP contribution in [0, 0.1) is 17.0 Å². The van der Waals surface area contributed by atoms with Gasteiger partial charge in [0.05, 0.1) is 4.92 Å². The molecule has 0 aliphatic heterocycles. The van der Waals surface area contributed by atoms with Gasteiger partial charge in [0.2, 0.25) is 0 Å². The van der Waals surface area contributed by atoms with E-state index in [1.165, 1.54) is 24.3 Å². The van der Waals surface area contributed by atoms with Crippen LogP contribution in [-0.2, 0) is 11.2 Å². The molecule has 6 heteroatoms. The zero-order chi connectivity index (χ0) is 17.7. The second kappa shape index (κ2) is 7.59. The Balaban J connectivity index is 2.06. The predicted octanol–water partition coefficient (Wildman–Crippen LogP) is 3.87. The van der Waals surface area contributed by atoms with Crippen LogP contribution in [-0.4, -0.2) is 16.9 Å². The number of hydrogen-bond donors (Lipinski definition) is 1. The molecule has 0 aliphatic carbocycles. The van der Waals surface area contributed by atoms with Gasteiger partial charge in [0.1, 0.15) is 5.75 Å². The summed E-state index contributed by atoms with van der Waals surface area (Å²) in [6, 6.07) is 11.5. The van der Waals surface area contributed by atoms with Gasteiger partial charge in [-0.15, -0.1) is 0 Å². The van der Waals surface area contributed by atoms with Gasteiger partial charge in [-0.25, -0.2) is 0 Å². The largest absolute Gasteiger partial charge is 0.481 e. The molecule has 0 aliphatic rings. The molecule has 1 amide bonds. The quantitative estimate of drug-likeness (QED) is 0.644. The van der Waals surface area contributed by atoms with Crippen molar-refractivity contribution in [1.29, 1.82) is 0 Å². The van der Waals surface area contributed by atoms with Crippen molar-refractivity contribution in [2.45, 2.75) is 33.3 Å². The fraction of sp³-hybridized carbons (Fsp3) is 0.278. The van der Waals surface area contributed by atoms with Crippen LogP contribution in [0.2, 0.25) is 0 Å². The lowest BCUT2D eigenvalue weighted by molar-refractivity contribution is -0.384. The highest BCUT2D eigenvalue weighted by Crippen LogP contribution is 2.22. The van der Waals surface area contributed by atoms with Gasteiger partial charge >= 0.3 is 0 Å². The van der Waals surface area contributed by atoms with Gasteiger partial charge in [-0.3, -0.25) is 14.9 Å². The van der Waals surface area contributed by atoms with E-state index in [9.17, 15) is 14.9 Å². The molecule has 24 heavy (non-hydrogen) atoms. The van der Waals surface area contributed by atoms with Crippen LogP contribution in [0.5, 0.6) is 5.75 Å². The van der Waals surface area contributed by atoms with Crippen molar-refractivity contribution in [3.05, 3.63) is 63.7 Å². The number of anilines is 1. The average Bonchev–Trinajstić information content (AvgIpc) is 2.57. The van der Waals surface area contributed by atoms with E-state index >= 15 is 0 Å². The highest BCUT2D eigenvalue weighted by Gasteiger charge is 2.17. The summed E-state index contributed by atoms with van der Waals surface area (Å²) in [5.74, 6) is 0.140. The Kier molecular flexibility index (Phi) is 5.52. The van der Waals surface area contributed by atoms with Crippen LogP contribution >= 0.6 is 0 Å². The minimum atomic E-state index is -0.726. The van der Waals surface area contributed by atoms with E-state index in [0.717, 1.165) is 23.2 Å². The zero-order valence-corrected chi connectivity index (χ0v) is 13.9.